The molecule has 2 unspecified atom stereocenters. The molecular weight excluding hydrogens is 246 g/mol. The Hall–Kier alpha value is -0.940. The number of carbonyl (C=O) groups excluding carboxylic acids is 1. The van der Waals surface area contributed by atoms with E-state index in [1.165, 1.54) is 0 Å². The zero-order chi connectivity index (χ0) is 13.2. The fourth-order valence-electron chi connectivity index (χ4n) is 2.64. The Morgan fingerprint density at radius 3 is 3.06 bits per heavy atom. The third kappa shape index (κ3) is 2.90. The summed E-state index contributed by atoms with van der Waals surface area (Å²) in [6.45, 7) is 2.59. The number of aromatic nitrogens is 1. The van der Waals surface area contributed by atoms with Crippen molar-refractivity contribution in [3.8, 4) is 0 Å². The summed E-state index contributed by atoms with van der Waals surface area (Å²) in [6.07, 6.45) is 5.86. The summed E-state index contributed by atoms with van der Waals surface area (Å²) in [7, 11) is 1.84. The molecule has 0 bridgehead atoms. The second kappa shape index (κ2) is 5.36. The molecule has 2 N–H and O–H groups in total. The molecule has 0 aromatic carbocycles. The lowest BCUT2D eigenvalue weighted by Gasteiger charge is -2.39. The molecule has 0 radical (unpaired) electrons. The van der Waals surface area contributed by atoms with E-state index in [4.69, 9.17) is 5.73 Å². The van der Waals surface area contributed by atoms with Crippen molar-refractivity contribution in [2.75, 3.05) is 7.05 Å². The average molecular weight is 267 g/mol. The van der Waals surface area contributed by atoms with Gasteiger partial charge in [-0.15, -0.1) is 11.3 Å². The van der Waals surface area contributed by atoms with Gasteiger partial charge < -0.3 is 10.6 Å². The predicted octanol–water partition coefficient (Wildman–Crippen LogP) is 2.01. The number of hydrogen-bond acceptors (Lipinski definition) is 4. The summed E-state index contributed by atoms with van der Waals surface area (Å²) in [5.74, 6) is 0.117. The van der Waals surface area contributed by atoms with Gasteiger partial charge in [0.15, 0.2) is 0 Å². The molecule has 1 saturated carbocycles. The highest BCUT2D eigenvalue weighted by Gasteiger charge is 2.39. The summed E-state index contributed by atoms with van der Waals surface area (Å²) >= 11 is 1.58. The lowest BCUT2D eigenvalue weighted by molar-refractivity contribution is -0.138. The van der Waals surface area contributed by atoms with E-state index in [1.807, 2.05) is 19.4 Å². The molecule has 1 aliphatic carbocycles. The third-order valence-corrected chi connectivity index (χ3v) is 4.55. The maximum atomic E-state index is 12.5. The molecule has 0 aliphatic heterocycles. The summed E-state index contributed by atoms with van der Waals surface area (Å²) in [4.78, 5) is 18.4. The number of rotatable bonds is 3. The Morgan fingerprint density at radius 2 is 2.44 bits per heavy atom. The first-order valence-electron chi connectivity index (χ1n) is 6.43. The van der Waals surface area contributed by atoms with Crippen molar-refractivity contribution < 1.29 is 4.79 Å². The normalized spacial score (nSPS) is 28.1. The second-order valence-electron chi connectivity index (χ2n) is 5.42. The van der Waals surface area contributed by atoms with Gasteiger partial charge in [-0.1, -0.05) is 12.8 Å². The molecular formula is C13H21N3OS. The zero-order valence-corrected chi connectivity index (χ0v) is 11.9. The van der Waals surface area contributed by atoms with E-state index >= 15 is 0 Å². The van der Waals surface area contributed by atoms with Crippen LogP contribution in [0.3, 0.4) is 0 Å². The second-order valence-corrected chi connectivity index (χ2v) is 6.40. The summed E-state index contributed by atoms with van der Waals surface area (Å²) in [5.41, 5.74) is 5.92. The SMILES string of the molecule is CN(Cc1nccs1)C(=O)C1CCCCC1(C)N. The van der Waals surface area contributed by atoms with Gasteiger partial charge in [0, 0.05) is 24.2 Å². The highest BCUT2D eigenvalue weighted by atomic mass is 32.1. The van der Waals surface area contributed by atoms with Crippen LogP contribution in [0.5, 0.6) is 0 Å². The van der Waals surface area contributed by atoms with Crippen molar-refractivity contribution in [1.29, 1.82) is 0 Å². The van der Waals surface area contributed by atoms with Crippen molar-refractivity contribution in [1.82, 2.24) is 9.88 Å². The van der Waals surface area contributed by atoms with Crippen LogP contribution < -0.4 is 5.73 Å². The van der Waals surface area contributed by atoms with Crippen LogP contribution in [0.15, 0.2) is 11.6 Å². The van der Waals surface area contributed by atoms with Crippen molar-refractivity contribution in [2.45, 2.75) is 44.7 Å². The maximum absolute atomic E-state index is 12.5. The van der Waals surface area contributed by atoms with Gasteiger partial charge in [0.1, 0.15) is 5.01 Å². The van der Waals surface area contributed by atoms with E-state index in [-0.39, 0.29) is 17.4 Å². The lowest BCUT2D eigenvalue weighted by Crippen LogP contribution is -2.53. The monoisotopic (exact) mass is 267 g/mol. The average Bonchev–Trinajstić information content (AvgIpc) is 2.80. The minimum absolute atomic E-state index is 0.0452. The fourth-order valence-corrected chi connectivity index (χ4v) is 3.31. The third-order valence-electron chi connectivity index (χ3n) is 3.78. The van der Waals surface area contributed by atoms with Crippen molar-refractivity contribution in [2.24, 2.45) is 11.7 Å². The number of amides is 1. The van der Waals surface area contributed by atoms with Crippen LogP contribution in [0.25, 0.3) is 0 Å². The highest BCUT2D eigenvalue weighted by molar-refractivity contribution is 7.09. The van der Waals surface area contributed by atoms with Crippen molar-refractivity contribution >= 4 is 17.2 Å². The molecule has 2 rings (SSSR count). The molecule has 1 heterocycles. The highest BCUT2D eigenvalue weighted by Crippen LogP contribution is 2.32. The number of hydrogen-bond donors (Lipinski definition) is 1. The molecule has 18 heavy (non-hydrogen) atoms. The number of nitrogens with zero attached hydrogens (tertiary/aromatic N) is 2. The van der Waals surface area contributed by atoms with Gasteiger partial charge in [-0.3, -0.25) is 4.79 Å². The standard InChI is InChI=1S/C13H21N3OS/c1-13(14)6-4-3-5-10(13)12(17)16(2)9-11-15-7-8-18-11/h7-8,10H,3-6,9,14H2,1-2H3. The maximum Gasteiger partial charge on any atom is 0.227 e. The van der Waals surface area contributed by atoms with Crippen molar-refractivity contribution in [3.63, 3.8) is 0 Å². The molecule has 100 valence electrons. The largest absolute Gasteiger partial charge is 0.339 e. The molecule has 1 aliphatic rings. The van der Waals surface area contributed by atoms with Gasteiger partial charge >= 0.3 is 0 Å². The Kier molecular flexibility index (Phi) is 4.02. The minimum atomic E-state index is -0.355. The fraction of sp³-hybridized carbons (Fsp3) is 0.692. The van der Waals surface area contributed by atoms with Crippen LogP contribution in [0.2, 0.25) is 0 Å². The van der Waals surface area contributed by atoms with E-state index in [0.29, 0.717) is 6.54 Å². The lowest BCUT2D eigenvalue weighted by atomic mass is 9.74. The van der Waals surface area contributed by atoms with Crippen LogP contribution in [-0.2, 0) is 11.3 Å². The summed E-state index contributed by atoms with van der Waals surface area (Å²) in [5, 5.41) is 2.90. The number of carbonyl (C=O) groups is 1. The number of thiazole rings is 1. The first-order valence-corrected chi connectivity index (χ1v) is 7.31. The first-order chi connectivity index (χ1) is 8.50. The van der Waals surface area contributed by atoms with E-state index in [0.717, 1.165) is 30.7 Å². The Labute approximate surface area is 112 Å². The van der Waals surface area contributed by atoms with Crippen molar-refractivity contribution in [3.05, 3.63) is 16.6 Å². The molecule has 2 atom stereocenters. The van der Waals surface area contributed by atoms with Gasteiger partial charge in [-0.05, 0) is 19.8 Å². The molecule has 4 nitrogen and oxygen atoms in total. The van der Waals surface area contributed by atoms with Crippen LogP contribution in [0.4, 0.5) is 0 Å². The van der Waals surface area contributed by atoms with Crippen LogP contribution in [-0.4, -0.2) is 28.4 Å². The quantitative estimate of drug-likeness (QED) is 0.911. The Balaban J connectivity index is 2.01. The van der Waals surface area contributed by atoms with E-state index in [9.17, 15) is 4.79 Å². The molecule has 5 heteroatoms. The van der Waals surface area contributed by atoms with E-state index in [2.05, 4.69) is 4.98 Å². The van der Waals surface area contributed by atoms with Gasteiger partial charge in [0.25, 0.3) is 0 Å². The summed E-state index contributed by atoms with van der Waals surface area (Å²) in [6, 6.07) is 0. The molecule has 1 amide bonds. The van der Waals surface area contributed by atoms with E-state index < -0.39 is 0 Å². The van der Waals surface area contributed by atoms with Gasteiger partial charge in [-0.25, -0.2) is 4.98 Å². The Morgan fingerprint density at radius 1 is 1.67 bits per heavy atom. The van der Waals surface area contributed by atoms with E-state index in [1.54, 1.807) is 22.4 Å². The Bertz CT molecular complexity index is 402. The minimum Gasteiger partial charge on any atom is -0.339 e. The van der Waals surface area contributed by atoms with Crippen LogP contribution in [0, 0.1) is 5.92 Å². The molecule has 1 fully saturated rings. The number of nitrogens with two attached hydrogens (primary N) is 1. The van der Waals surface area contributed by atoms with Gasteiger partial charge in [-0.2, -0.15) is 0 Å². The molecule has 0 saturated heterocycles. The topological polar surface area (TPSA) is 59.2 Å². The smallest absolute Gasteiger partial charge is 0.227 e. The van der Waals surface area contributed by atoms with Gasteiger partial charge in [0.05, 0.1) is 12.5 Å². The summed E-state index contributed by atoms with van der Waals surface area (Å²) < 4.78 is 0. The predicted molar refractivity (Wildman–Crippen MR) is 73.1 cm³/mol. The van der Waals surface area contributed by atoms with Gasteiger partial charge in [0.2, 0.25) is 5.91 Å². The van der Waals surface area contributed by atoms with Crippen LogP contribution in [0.1, 0.15) is 37.6 Å². The molecule has 0 spiro atoms. The van der Waals surface area contributed by atoms with Crippen LogP contribution >= 0.6 is 11.3 Å². The first kappa shape index (κ1) is 13.5. The molecule has 1 aromatic heterocycles. The zero-order valence-electron chi connectivity index (χ0n) is 11.1. The molecule has 1 aromatic rings.